The molecule has 1 aromatic carbocycles. The van der Waals surface area contributed by atoms with Crippen LogP contribution in [0.25, 0.3) is 0 Å². The Hall–Kier alpha value is -1.02. The van der Waals surface area contributed by atoms with Crippen molar-refractivity contribution in [2.24, 2.45) is 0 Å². The summed E-state index contributed by atoms with van der Waals surface area (Å²) >= 11 is 0. The van der Waals surface area contributed by atoms with Crippen LogP contribution >= 0.6 is 0 Å². The van der Waals surface area contributed by atoms with E-state index in [1.54, 1.807) is 0 Å². The van der Waals surface area contributed by atoms with E-state index < -0.39 is 0 Å². The molecule has 2 heteroatoms. The number of likely N-dealkylation sites (N-methyl/N-ethyl adjacent to an activating group) is 1. The fourth-order valence-corrected chi connectivity index (χ4v) is 1.54. The lowest BCUT2D eigenvalue weighted by Gasteiger charge is -2.24. The van der Waals surface area contributed by atoms with Crippen molar-refractivity contribution >= 4 is 5.69 Å². The van der Waals surface area contributed by atoms with Crippen LogP contribution in [-0.4, -0.2) is 26.7 Å². The van der Waals surface area contributed by atoms with E-state index in [1.807, 2.05) is 7.05 Å². The molecule has 0 aliphatic rings. The highest BCUT2D eigenvalue weighted by molar-refractivity contribution is 5.47. The lowest BCUT2D eigenvalue weighted by Crippen LogP contribution is -2.38. The van der Waals surface area contributed by atoms with E-state index in [-0.39, 0.29) is 5.54 Å². The second-order valence-electron chi connectivity index (χ2n) is 4.87. The van der Waals surface area contributed by atoms with Gasteiger partial charge >= 0.3 is 0 Å². The summed E-state index contributed by atoms with van der Waals surface area (Å²) in [4.78, 5) is 2.13. The lowest BCUT2D eigenvalue weighted by molar-refractivity contribution is 0.422. The molecule has 0 aliphatic carbocycles. The number of nitrogens with one attached hydrogen (secondary N) is 1. The van der Waals surface area contributed by atoms with Gasteiger partial charge in [-0.2, -0.15) is 0 Å². The second kappa shape index (κ2) is 4.67. The van der Waals surface area contributed by atoms with Crippen LogP contribution in [0.1, 0.15) is 19.4 Å². The monoisotopic (exact) mass is 206 g/mol. The van der Waals surface area contributed by atoms with E-state index in [9.17, 15) is 0 Å². The quantitative estimate of drug-likeness (QED) is 0.813. The van der Waals surface area contributed by atoms with E-state index >= 15 is 0 Å². The van der Waals surface area contributed by atoms with Crippen LogP contribution in [0.15, 0.2) is 24.3 Å². The van der Waals surface area contributed by atoms with Crippen molar-refractivity contribution in [1.29, 1.82) is 0 Å². The third-order valence-corrected chi connectivity index (χ3v) is 2.75. The van der Waals surface area contributed by atoms with Crippen molar-refractivity contribution in [3.05, 3.63) is 29.8 Å². The fourth-order valence-electron chi connectivity index (χ4n) is 1.54. The Morgan fingerprint density at radius 2 is 1.93 bits per heavy atom. The minimum atomic E-state index is 0.158. The van der Waals surface area contributed by atoms with Crippen LogP contribution in [-0.2, 0) is 6.42 Å². The van der Waals surface area contributed by atoms with Gasteiger partial charge in [-0.05, 0) is 45.0 Å². The Morgan fingerprint density at radius 1 is 1.27 bits per heavy atom. The molecule has 0 unspecified atom stereocenters. The molecule has 1 aromatic rings. The SMILES string of the molecule is CNC(C)(C)Cc1cccc(N(C)C)c1. The molecule has 84 valence electrons. The van der Waals surface area contributed by atoms with Gasteiger partial charge in [0.1, 0.15) is 0 Å². The van der Waals surface area contributed by atoms with Crippen molar-refractivity contribution < 1.29 is 0 Å². The summed E-state index contributed by atoms with van der Waals surface area (Å²) < 4.78 is 0. The summed E-state index contributed by atoms with van der Waals surface area (Å²) in [6.45, 7) is 4.44. The van der Waals surface area contributed by atoms with E-state index in [4.69, 9.17) is 0 Å². The minimum Gasteiger partial charge on any atom is -0.378 e. The molecule has 0 spiro atoms. The van der Waals surface area contributed by atoms with Gasteiger partial charge in [0, 0.05) is 25.3 Å². The molecule has 0 amide bonds. The molecular formula is C13H22N2. The van der Waals surface area contributed by atoms with E-state index in [0.717, 1.165) is 6.42 Å². The van der Waals surface area contributed by atoms with Gasteiger partial charge in [0.2, 0.25) is 0 Å². The van der Waals surface area contributed by atoms with Crippen molar-refractivity contribution in [2.75, 3.05) is 26.0 Å². The Bertz CT molecular complexity index is 316. The second-order valence-corrected chi connectivity index (χ2v) is 4.87. The first kappa shape index (κ1) is 12.1. The average Bonchev–Trinajstić information content (AvgIpc) is 2.17. The summed E-state index contributed by atoms with van der Waals surface area (Å²) in [6, 6.07) is 8.69. The Morgan fingerprint density at radius 3 is 2.47 bits per heavy atom. The van der Waals surface area contributed by atoms with Gasteiger partial charge in [-0.25, -0.2) is 0 Å². The van der Waals surface area contributed by atoms with E-state index in [1.165, 1.54) is 11.3 Å². The predicted molar refractivity (Wildman–Crippen MR) is 67.6 cm³/mol. The number of benzene rings is 1. The van der Waals surface area contributed by atoms with E-state index in [0.29, 0.717) is 0 Å². The summed E-state index contributed by atoms with van der Waals surface area (Å²) in [7, 11) is 6.15. The number of nitrogens with zero attached hydrogens (tertiary/aromatic N) is 1. The number of anilines is 1. The first-order chi connectivity index (χ1) is 6.94. The normalized spacial score (nSPS) is 11.5. The highest BCUT2D eigenvalue weighted by Crippen LogP contribution is 2.17. The zero-order valence-corrected chi connectivity index (χ0v) is 10.5. The van der Waals surface area contributed by atoms with Crippen LogP contribution in [0.5, 0.6) is 0 Å². The Labute approximate surface area is 93.3 Å². The van der Waals surface area contributed by atoms with Crippen molar-refractivity contribution in [3.63, 3.8) is 0 Å². The van der Waals surface area contributed by atoms with Crippen molar-refractivity contribution in [3.8, 4) is 0 Å². The summed E-state index contributed by atoms with van der Waals surface area (Å²) in [5, 5.41) is 3.32. The molecule has 0 bridgehead atoms. The van der Waals surface area contributed by atoms with Crippen LogP contribution in [0.4, 0.5) is 5.69 Å². The molecule has 0 fully saturated rings. The standard InChI is InChI=1S/C13H22N2/c1-13(2,14-3)10-11-7-6-8-12(9-11)15(4)5/h6-9,14H,10H2,1-5H3. The highest BCUT2D eigenvalue weighted by Gasteiger charge is 2.15. The Kier molecular flexibility index (Phi) is 3.75. The van der Waals surface area contributed by atoms with Crippen LogP contribution < -0.4 is 10.2 Å². The van der Waals surface area contributed by atoms with Gasteiger partial charge in [-0.15, -0.1) is 0 Å². The van der Waals surface area contributed by atoms with Crippen LogP contribution in [0.2, 0.25) is 0 Å². The molecule has 0 atom stereocenters. The van der Waals surface area contributed by atoms with Crippen molar-refractivity contribution in [2.45, 2.75) is 25.8 Å². The summed E-state index contributed by atoms with van der Waals surface area (Å²) in [5.74, 6) is 0. The molecule has 0 saturated heterocycles. The molecule has 15 heavy (non-hydrogen) atoms. The topological polar surface area (TPSA) is 15.3 Å². The van der Waals surface area contributed by atoms with Gasteiger partial charge in [-0.3, -0.25) is 0 Å². The van der Waals surface area contributed by atoms with E-state index in [2.05, 4.69) is 62.4 Å². The number of hydrogen-bond donors (Lipinski definition) is 1. The third kappa shape index (κ3) is 3.56. The average molecular weight is 206 g/mol. The van der Waals surface area contributed by atoms with Gasteiger partial charge in [-0.1, -0.05) is 12.1 Å². The summed E-state index contributed by atoms with van der Waals surface area (Å²) in [5.41, 5.74) is 2.80. The van der Waals surface area contributed by atoms with Crippen LogP contribution in [0, 0.1) is 0 Å². The zero-order valence-electron chi connectivity index (χ0n) is 10.5. The molecule has 0 radical (unpaired) electrons. The predicted octanol–water partition coefficient (Wildman–Crippen LogP) is 2.29. The largest absolute Gasteiger partial charge is 0.378 e. The van der Waals surface area contributed by atoms with Crippen molar-refractivity contribution in [1.82, 2.24) is 5.32 Å². The lowest BCUT2D eigenvalue weighted by atomic mass is 9.95. The van der Waals surface area contributed by atoms with Gasteiger partial charge < -0.3 is 10.2 Å². The smallest absolute Gasteiger partial charge is 0.0363 e. The highest BCUT2D eigenvalue weighted by atomic mass is 15.1. The molecule has 0 aromatic heterocycles. The maximum atomic E-state index is 3.32. The maximum absolute atomic E-state index is 3.32. The molecule has 0 aliphatic heterocycles. The first-order valence-corrected chi connectivity index (χ1v) is 5.40. The van der Waals surface area contributed by atoms with Gasteiger partial charge in [0.05, 0.1) is 0 Å². The molecule has 0 saturated carbocycles. The number of hydrogen-bond acceptors (Lipinski definition) is 2. The Balaban J connectivity index is 2.82. The molecule has 1 rings (SSSR count). The fraction of sp³-hybridized carbons (Fsp3) is 0.538. The summed E-state index contributed by atoms with van der Waals surface area (Å²) in [6.07, 6.45) is 1.05. The molecule has 0 heterocycles. The third-order valence-electron chi connectivity index (χ3n) is 2.75. The van der Waals surface area contributed by atoms with Gasteiger partial charge in [0.15, 0.2) is 0 Å². The minimum absolute atomic E-state index is 0.158. The molecule has 1 N–H and O–H groups in total. The number of rotatable bonds is 4. The van der Waals surface area contributed by atoms with Gasteiger partial charge in [0.25, 0.3) is 0 Å². The first-order valence-electron chi connectivity index (χ1n) is 5.40. The molecular weight excluding hydrogens is 184 g/mol. The maximum Gasteiger partial charge on any atom is 0.0363 e. The van der Waals surface area contributed by atoms with Crippen LogP contribution in [0.3, 0.4) is 0 Å². The molecule has 2 nitrogen and oxygen atoms in total. The zero-order chi connectivity index (χ0) is 11.5.